The van der Waals surface area contributed by atoms with Crippen LogP contribution in [0.2, 0.25) is 0 Å². The maximum Gasteiger partial charge on any atom is 0.277 e. The fourth-order valence-corrected chi connectivity index (χ4v) is 2.32. The van der Waals surface area contributed by atoms with Crippen molar-refractivity contribution in [2.24, 2.45) is 5.10 Å². The first-order chi connectivity index (χ1) is 12.6. The molecule has 134 valence electrons. The van der Waals surface area contributed by atoms with Gasteiger partial charge in [0.1, 0.15) is 5.75 Å². The minimum Gasteiger partial charge on any atom is -0.483 e. The average molecular weight is 352 g/mol. The average Bonchev–Trinajstić information content (AvgIpc) is 3.12. The van der Waals surface area contributed by atoms with Crippen molar-refractivity contribution in [2.45, 2.75) is 13.8 Å². The number of para-hydroxylation sites is 1. The molecule has 0 spiro atoms. The molecule has 1 heterocycles. The summed E-state index contributed by atoms with van der Waals surface area (Å²) in [7, 11) is 0. The molecule has 1 aliphatic heterocycles. The summed E-state index contributed by atoms with van der Waals surface area (Å²) in [5, 5.41) is 4.04. The van der Waals surface area contributed by atoms with Crippen LogP contribution in [0.25, 0.3) is 6.08 Å². The molecule has 2 aromatic rings. The van der Waals surface area contributed by atoms with E-state index in [2.05, 4.69) is 10.5 Å². The van der Waals surface area contributed by atoms with Crippen LogP contribution >= 0.6 is 0 Å². The minimum absolute atomic E-state index is 0.0898. The van der Waals surface area contributed by atoms with Crippen molar-refractivity contribution >= 4 is 17.7 Å². The largest absolute Gasteiger partial charge is 0.483 e. The maximum atomic E-state index is 11.8. The van der Waals surface area contributed by atoms with E-state index in [1.54, 1.807) is 13.0 Å². The van der Waals surface area contributed by atoms with Crippen molar-refractivity contribution in [3.05, 3.63) is 59.7 Å². The highest BCUT2D eigenvalue weighted by Gasteiger charge is 2.12. The first-order valence-electron chi connectivity index (χ1n) is 8.21. The van der Waals surface area contributed by atoms with Crippen molar-refractivity contribution in [1.29, 1.82) is 0 Å². The summed E-state index contributed by atoms with van der Waals surface area (Å²) in [6.45, 7) is 3.88. The van der Waals surface area contributed by atoms with Gasteiger partial charge in [0, 0.05) is 0 Å². The molecule has 1 amide bonds. The molecule has 1 N–H and O–H groups in total. The topological polar surface area (TPSA) is 69.2 Å². The Morgan fingerprint density at radius 2 is 2.04 bits per heavy atom. The first-order valence-corrected chi connectivity index (χ1v) is 8.21. The molecule has 0 bridgehead atoms. The van der Waals surface area contributed by atoms with Crippen LogP contribution in [-0.4, -0.2) is 25.0 Å². The smallest absolute Gasteiger partial charge is 0.277 e. The number of carbonyl (C=O) groups is 1. The molecule has 0 saturated heterocycles. The molecular formula is C20H20N2O4. The van der Waals surface area contributed by atoms with E-state index < -0.39 is 0 Å². The number of hydrazone groups is 1. The van der Waals surface area contributed by atoms with Crippen molar-refractivity contribution < 1.29 is 19.0 Å². The van der Waals surface area contributed by atoms with E-state index >= 15 is 0 Å². The van der Waals surface area contributed by atoms with Crippen LogP contribution < -0.4 is 19.6 Å². The molecule has 0 atom stereocenters. The third kappa shape index (κ3) is 4.63. The zero-order chi connectivity index (χ0) is 18.4. The molecule has 26 heavy (non-hydrogen) atoms. The molecule has 2 aromatic carbocycles. The lowest BCUT2D eigenvalue weighted by atomic mass is 10.2. The van der Waals surface area contributed by atoms with Gasteiger partial charge in [-0.3, -0.25) is 4.79 Å². The van der Waals surface area contributed by atoms with E-state index in [1.807, 2.05) is 55.5 Å². The van der Waals surface area contributed by atoms with Crippen LogP contribution in [0, 0.1) is 6.92 Å². The molecule has 1 aliphatic rings. The van der Waals surface area contributed by atoms with Crippen LogP contribution in [0.5, 0.6) is 17.2 Å². The summed E-state index contributed by atoms with van der Waals surface area (Å²) in [6, 6.07) is 13.2. The normalized spacial score (nSPS) is 13.1. The summed E-state index contributed by atoms with van der Waals surface area (Å²) in [5.41, 5.74) is 5.07. The Kier molecular flexibility index (Phi) is 5.53. The van der Waals surface area contributed by atoms with Gasteiger partial charge in [-0.15, -0.1) is 0 Å². The number of rotatable bonds is 6. The molecule has 0 saturated carbocycles. The Morgan fingerprint density at radius 1 is 1.23 bits per heavy atom. The number of benzene rings is 2. The van der Waals surface area contributed by atoms with E-state index in [0.717, 1.165) is 22.6 Å². The Hall–Kier alpha value is -3.28. The Bertz CT molecular complexity index is 859. The van der Waals surface area contributed by atoms with Crippen molar-refractivity contribution in [3.63, 3.8) is 0 Å². The molecular weight excluding hydrogens is 332 g/mol. The number of carbonyl (C=O) groups excluding carboxylic acids is 1. The summed E-state index contributed by atoms with van der Waals surface area (Å²) < 4.78 is 16.1. The molecule has 0 unspecified atom stereocenters. The second-order valence-corrected chi connectivity index (χ2v) is 5.79. The molecule has 0 radical (unpaired) electrons. The van der Waals surface area contributed by atoms with Gasteiger partial charge in [0.2, 0.25) is 6.79 Å². The van der Waals surface area contributed by atoms with E-state index in [9.17, 15) is 4.79 Å². The highest BCUT2D eigenvalue weighted by molar-refractivity contribution is 5.97. The number of ether oxygens (including phenoxy) is 3. The summed E-state index contributed by atoms with van der Waals surface area (Å²) >= 11 is 0. The lowest BCUT2D eigenvalue weighted by molar-refractivity contribution is -0.123. The fourth-order valence-electron chi connectivity index (χ4n) is 2.32. The third-order valence-electron chi connectivity index (χ3n) is 3.72. The summed E-state index contributed by atoms with van der Waals surface area (Å²) in [4.78, 5) is 11.8. The predicted octanol–water partition coefficient (Wildman–Crippen LogP) is 3.31. The van der Waals surface area contributed by atoms with Gasteiger partial charge in [0.15, 0.2) is 18.1 Å². The van der Waals surface area contributed by atoms with Crippen LogP contribution in [0.15, 0.2) is 53.6 Å². The number of allylic oxidation sites excluding steroid dienone is 1. The Balaban J connectivity index is 1.50. The van der Waals surface area contributed by atoms with Gasteiger partial charge < -0.3 is 14.2 Å². The highest BCUT2D eigenvalue weighted by Crippen LogP contribution is 2.32. The van der Waals surface area contributed by atoms with Crippen molar-refractivity contribution in [1.82, 2.24) is 5.43 Å². The Morgan fingerprint density at radius 3 is 2.88 bits per heavy atom. The van der Waals surface area contributed by atoms with E-state index in [1.165, 1.54) is 0 Å². The molecule has 0 aromatic heterocycles. The standard InChI is InChI=1S/C20H20N2O4/c1-14-5-3-4-6-17(14)24-12-20(23)22-21-15(2)7-8-16-9-10-18-19(11-16)26-13-25-18/h3-11H,12-13H2,1-2H3,(H,22,23)/b8-7+,21-15+. The van der Waals surface area contributed by atoms with E-state index in [-0.39, 0.29) is 19.3 Å². The highest BCUT2D eigenvalue weighted by atomic mass is 16.7. The molecule has 0 aliphatic carbocycles. The molecule has 0 fully saturated rings. The number of aryl methyl sites for hydroxylation is 1. The van der Waals surface area contributed by atoms with Crippen LogP contribution in [0.1, 0.15) is 18.1 Å². The second-order valence-electron chi connectivity index (χ2n) is 5.79. The van der Waals surface area contributed by atoms with Gasteiger partial charge in [0.25, 0.3) is 5.91 Å². The van der Waals surface area contributed by atoms with Crippen molar-refractivity contribution in [3.8, 4) is 17.2 Å². The quantitative estimate of drug-likeness (QED) is 0.640. The summed E-state index contributed by atoms with van der Waals surface area (Å²) in [6.07, 6.45) is 3.69. The zero-order valence-electron chi connectivity index (χ0n) is 14.7. The molecule has 6 nitrogen and oxygen atoms in total. The maximum absolute atomic E-state index is 11.8. The number of hydrogen-bond donors (Lipinski definition) is 1. The van der Waals surface area contributed by atoms with E-state index in [0.29, 0.717) is 11.5 Å². The fraction of sp³-hybridized carbons (Fsp3) is 0.200. The SMILES string of the molecule is CC(/C=C/c1ccc2c(c1)OCO2)=N\NC(=O)COc1ccccc1C. The number of amides is 1. The third-order valence-corrected chi connectivity index (χ3v) is 3.72. The minimum atomic E-state index is -0.316. The molecule has 6 heteroatoms. The van der Waals surface area contributed by atoms with Crippen LogP contribution in [-0.2, 0) is 4.79 Å². The van der Waals surface area contributed by atoms with E-state index in [4.69, 9.17) is 14.2 Å². The summed E-state index contributed by atoms with van der Waals surface area (Å²) in [5.74, 6) is 1.84. The number of nitrogens with zero attached hydrogens (tertiary/aromatic N) is 1. The first kappa shape index (κ1) is 17.5. The van der Waals surface area contributed by atoms with Gasteiger partial charge >= 0.3 is 0 Å². The zero-order valence-corrected chi connectivity index (χ0v) is 14.7. The van der Waals surface area contributed by atoms with Gasteiger partial charge in [0.05, 0.1) is 5.71 Å². The molecule has 3 rings (SSSR count). The lowest BCUT2D eigenvalue weighted by Crippen LogP contribution is -2.25. The van der Waals surface area contributed by atoms with Crippen LogP contribution in [0.3, 0.4) is 0 Å². The van der Waals surface area contributed by atoms with Gasteiger partial charge in [-0.1, -0.05) is 30.3 Å². The predicted molar refractivity (Wildman–Crippen MR) is 99.5 cm³/mol. The number of hydrogen-bond acceptors (Lipinski definition) is 5. The Labute approximate surface area is 152 Å². The number of fused-ring (bicyclic) bond motifs is 1. The van der Waals surface area contributed by atoms with Gasteiger partial charge in [-0.2, -0.15) is 5.10 Å². The second kappa shape index (κ2) is 8.20. The lowest BCUT2D eigenvalue weighted by Gasteiger charge is -2.07. The van der Waals surface area contributed by atoms with Crippen molar-refractivity contribution in [2.75, 3.05) is 13.4 Å². The van der Waals surface area contributed by atoms with Gasteiger partial charge in [-0.25, -0.2) is 5.43 Å². The monoisotopic (exact) mass is 352 g/mol. The number of nitrogens with one attached hydrogen (secondary N) is 1. The van der Waals surface area contributed by atoms with Gasteiger partial charge in [-0.05, 0) is 49.2 Å². The van der Waals surface area contributed by atoms with Crippen LogP contribution in [0.4, 0.5) is 0 Å².